The molecule has 3 nitrogen and oxygen atoms in total. The second-order valence-corrected chi connectivity index (χ2v) is 8.09. The van der Waals surface area contributed by atoms with Crippen LogP contribution in [0.25, 0.3) is 0 Å². The van der Waals surface area contributed by atoms with Crippen molar-refractivity contribution in [3.8, 4) is 0 Å². The van der Waals surface area contributed by atoms with E-state index in [9.17, 15) is 4.79 Å². The van der Waals surface area contributed by atoms with Crippen LogP contribution in [0.15, 0.2) is 35.5 Å². The quantitative estimate of drug-likeness (QED) is 0.806. The SMILES string of the molecule is CC(C)c1ccc([C@@H]2NC(=S)NC3=C2C(=O)CC(C)(C)C3)cc1. The van der Waals surface area contributed by atoms with Gasteiger partial charge in [0, 0.05) is 17.7 Å². The fourth-order valence-corrected chi connectivity index (χ4v) is 3.72. The van der Waals surface area contributed by atoms with Crippen LogP contribution >= 0.6 is 12.2 Å². The molecule has 2 N–H and O–H groups in total. The Kier molecular flexibility index (Phi) is 4.05. The van der Waals surface area contributed by atoms with Crippen LogP contribution in [-0.2, 0) is 4.79 Å². The number of hydrogen-bond acceptors (Lipinski definition) is 2. The van der Waals surface area contributed by atoms with E-state index in [0.717, 1.165) is 23.3 Å². The van der Waals surface area contributed by atoms with Crippen molar-refractivity contribution in [1.29, 1.82) is 0 Å². The van der Waals surface area contributed by atoms with Crippen molar-refractivity contribution in [2.45, 2.75) is 52.5 Å². The maximum absolute atomic E-state index is 12.7. The van der Waals surface area contributed by atoms with Crippen LogP contribution in [0.4, 0.5) is 0 Å². The van der Waals surface area contributed by atoms with Crippen LogP contribution in [0.5, 0.6) is 0 Å². The third-order valence-corrected chi connectivity index (χ3v) is 4.90. The molecule has 0 fully saturated rings. The summed E-state index contributed by atoms with van der Waals surface area (Å²) in [6, 6.07) is 8.37. The van der Waals surface area contributed by atoms with Crippen molar-refractivity contribution in [3.63, 3.8) is 0 Å². The van der Waals surface area contributed by atoms with Crippen molar-refractivity contribution in [2.24, 2.45) is 5.41 Å². The lowest BCUT2D eigenvalue weighted by atomic mass is 9.73. The summed E-state index contributed by atoms with van der Waals surface area (Å²) in [7, 11) is 0. The predicted molar refractivity (Wildman–Crippen MR) is 97.2 cm³/mol. The summed E-state index contributed by atoms with van der Waals surface area (Å²) in [6.07, 6.45) is 1.44. The number of Topliss-reactive ketones (excluding diaryl/α,β-unsaturated/α-hetero) is 1. The Balaban J connectivity index is 2.01. The van der Waals surface area contributed by atoms with E-state index < -0.39 is 0 Å². The molecule has 0 unspecified atom stereocenters. The molecular formula is C19H24N2OS. The summed E-state index contributed by atoms with van der Waals surface area (Å²) in [4.78, 5) is 12.7. The third kappa shape index (κ3) is 3.18. The molecule has 0 radical (unpaired) electrons. The third-order valence-electron chi connectivity index (χ3n) is 4.68. The number of hydrogen-bond donors (Lipinski definition) is 2. The summed E-state index contributed by atoms with van der Waals surface area (Å²) in [6.45, 7) is 8.63. The first-order chi connectivity index (χ1) is 10.8. The molecule has 1 aromatic carbocycles. The van der Waals surface area contributed by atoms with Crippen LogP contribution in [0.3, 0.4) is 0 Å². The van der Waals surface area contributed by atoms with E-state index in [1.165, 1.54) is 5.56 Å². The van der Waals surface area contributed by atoms with Gasteiger partial charge in [-0.2, -0.15) is 0 Å². The van der Waals surface area contributed by atoms with Crippen molar-refractivity contribution in [3.05, 3.63) is 46.7 Å². The number of carbonyl (C=O) groups is 1. The van der Waals surface area contributed by atoms with Gasteiger partial charge in [0.2, 0.25) is 0 Å². The van der Waals surface area contributed by atoms with Gasteiger partial charge >= 0.3 is 0 Å². The van der Waals surface area contributed by atoms with Gasteiger partial charge in [0.1, 0.15) is 0 Å². The number of benzene rings is 1. The van der Waals surface area contributed by atoms with Crippen LogP contribution in [0.1, 0.15) is 63.6 Å². The Morgan fingerprint density at radius 2 is 1.83 bits per heavy atom. The van der Waals surface area contributed by atoms with Crippen LogP contribution in [-0.4, -0.2) is 10.9 Å². The summed E-state index contributed by atoms with van der Waals surface area (Å²) < 4.78 is 0. The van der Waals surface area contributed by atoms with Gasteiger partial charge in [-0.1, -0.05) is 52.0 Å². The molecule has 0 bridgehead atoms. The van der Waals surface area contributed by atoms with E-state index in [2.05, 4.69) is 62.6 Å². The van der Waals surface area contributed by atoms with Gasteiger partial charge in [0.05, 0.1) is 6.04 Å². The number of rotatable bonds is 2. The summed E-state index contributed by atoms with van der Waals surface area (Å²) >= 11 is 5.36. The molecule has 1 aromatic rings. The highest BCUT2D eigenvalue weighted by Crippen LogP contribution is 2.41. The molecule has 0 spiro atoms. The highest BCUT2D eigenvalue weighted by atomic mass is 32.1. The minimum atomic E-state index is -0.136. The molecule has 3 rings (SSSR count). The smallest absolute Gasteiger partial charge is 0.171 e. The van der Waals surface area contributed by atoms with E-state index in [1.807, 2.05) is 0 Å². The number of nitrogens with one attached hydrogen (secondary N) is 2. The maximum atomic E-state index is 12.7. The Morgan fingerprint density at radius 1 is 1.17 bits per heavy atom. The zero-order valence-corrected chi connectivity index (χ0v) is 15.0. The standard InChI is InChI=1S/C19H24N2OS/c1-11(2)12-5-7-13(8-6-12)17-16-14(20-18(23)21-17)9-19(3,4)10-15(16)22/h5-8,11,17H,9-10H2,1-4H3,(H2,20,21,23)/t17-/m0/s1. The van der Waals surface area contributed by atoms with Crippen LogP contribution in [0.2, 0.25) is 0 Å². The highest BCUT2D eigenvalue weighted by molar-refractivity contribution is 7.80. The van der Waals surface area contributed by atoms with Gasteiger partial charge in [-0.25, -0.2) is 0 Å². The Labute approximate surface area is 143 Å². The van der Waals surface area contributed by atoms with Crippen molar-refractivity contribution < 1.29 is 4.79 Å². The van der Waals surface area contributed by atoms with E-state index in [-0.39, 0.29) is 17.2 Å². The van der Waals surface area contributed by atoms with Crippen molar-refractivity contribution >= 4 is 23.1 Å². The second kappa shape index (κ2) is 5.75. The van der Waals surface area contributed by atoms with Crippen molar-refractivity contribution in [1.82, 2.24) is 10.6 Å². The number of allylic oxidation sites excluding steroid dienone is 1. The average Bonchev–Trinajstić information content (AvgIpc) is 2.44. The largest absolute Gasteiger partial charge is 0.351 e. The lowest BCUT2D eigenvalue weighted by Crippen LogP contribution is -2.48. The second-order valence-electron chi connectivity index (χ2n) is 7.69. The molecule has 1 aliphatic heterocycles. The van der Waals surface area contributed by atoms with Gasteiger partial charge in [0.25, 0.3) is 0 Å². The lowest BCUT2D eigenvalue weighted by Gasteiger charge is -2.39. The Bertz CT molecular complexity index is 686. The Morgan fingerprint density at radius 3 is 2.43 bits per heavy atom. The van der Waals surface area contributed by atoms with Gasteiger partial charge < -0.3 is 10.6 Å². The molecule has 1 heterocycles. The van der Waals surface area contributed by atoms with Crippen molar-refractivity contribution in [2.75, 3.05) is 0 Å². The summed E-state index contributed by atoms with van der Waals surface area (Å²) in [5, 5.41) is 7.10. The van der Waals surface area contributed by atoms with E-state index >= 15 is 0 Å². The van der Waals surface area contributed by atoms with E-state index in [4.69, 9.17) is 12.2 Å². The van der Waals surface area contributed by atoms with Gasteiger partial charge in [-0.05, 0) is 41.1 Å². The van der Waals surface area contributed by atoms with Crippen LogP contribution in [0, 0.1) is 5.41 Å². The number of carbonyl (C=O) groups excluding carboxylic acids is 1. The molecule has 23 heavy (non-hydrogen) atoms. The first-order valence-electron chi connectivity index (χ1n) is 8.20. The van der Waals surface area contributed by atoms with Crippen LogP contribution < -0.4 is 10.6 Å². The normalized spacial score (nSPS) is 23.4. The average molecular weight is 328 g/mol. The fourth-order valence-electron chi connectivity index (χ4n) is 3.48. The summed E-state index contributed by atoms with van der Waals surface area (Å²) in [5.41, 5.74) is 4.24. The zero-order chi connectivity index (χ0) is 16.8. The highest BCUT2D eigenvalue weighted by Gasteiger charge is 2.39. The zero-order valence-electron chi connectivity index (χ0n) is 14.2. The maximum Gasteiger partial charge on any atom is 0.171 e. The molecule has 1 aliphatic carbocycles. The monoisotopic (exact) mass is 328 g/mol. The number of thiocarbonyl (C=S) groups is 1. The minimum absolute atomic E-state index is 0.0120. The van der Waals surface area contributed by atoms with Gasteiger partial charge in [0.15, 0.2) is 10.9 Å². The van der Waals surface area contributed by atoms with E-state index in [1.54, 1.807) is 0 Å². The molecule has 122 valence electrons. The first kappa shape index (κ1) is 16.2. The minimum Gasteiger partial charge on any atom is -0.351 e. The van der Waals surface area contributed by atoms with Gasteiger partial charge in [-0.15, -0.1) is 0 Å². The first-order valence-corrected chi connectivity index (χ1v) is 8.61. The molecule has 0 amide bonds. The Hall–Kier alpha value is -1.68. The molecule has 0 saturated carbocycles. The predicted octanol–water partition coefficient (Wildman–Crippen LogP) is 3.97. The molecule has 1 atom stereocenters. The lowest BCUT2D eigenvalue weighted by molar-refractivity contribution is -0.118. The molecule has 2 aliphatic rings. The molecule has 0 aromatic heterocycles. The van der Waals surface area contributed by atoms with Gasteiger partial charge in [-0.3, -0.25) is 4.79 Å². The molecular weight excluding hydrogens is 304 g/mol. The molecule has 4 heteroatoms. The topological polar surface area (TPSA) is 41.1 Å². The number of ketones is 1. The molecule has 0 saturated heterocycles. The summed E-state index contributed by atoms with van der Waals surface area (Å²) in [5.74, 6) is 0.717. The van der Waals surface area contributed by atoms with E-state index in [0.29, 0.717) is 17.5 Å². The fraction of sp³-hybridized carbons (Fsp3) is 0.474.